The van der Waals surface area contributed by atoms with Crippen LogP contribution in [0.2, 0.25) is 0 Å². The molecule has 0 bridgehead atoms. The molecule has 0 amide bonds. The van der Waals surface area contributed by atoms with E-state index in [9.17, 15) is 4.39 Å². The molecule has 36 heavy (non-hydrogen) atoms. The zero-order valence-corrected chi connectivity index (χ0v) is 19.9. The molecule has 0 aromatic carbocycles. The fourth-order valence-corrected chi connectivity index (χ4v) is 5.18. The zero-order chi connectivity index (χ0) is 24.1. The zero-order valence-electron chi connectivity index (χ0n) is 19.9. The van der Waals surface area contributed by atoms with Gasteiger partial charge < -0.3 is 15.5 Å². The monoisotopic (exact) mass is 482 g/mol. The number of anilines is 3. The third-order valence-electron chi connectivity index (χ3n) is 7.32. The van der Waals surface area contributed by atoms with Gasteiger partial charge in [-0.1, -0.05) is 6.07 Å². The molecular weight excluding hydrogens is 455 g/mol. The fourth-order valence-electron chi connectivity index (χ4n) is 5.18. The maximum Gasteiger partial charge on any atom is 0.214 e. The summed E-state index contributed by atoms with van der Waals surface area (Å²) in [6.07, 6.45) is 10.6. The molecule has 3 fully saturated rings. The number of pyridine rings is 3. The molecule has 1 aliphatic heterocycles. The maximum atomic E-state index is 13.6. The minimum absolute atomic E-state index is 0.393. The van der Waals surface area contributed by atoms with E-state index in [1.807, 2.05) is 24.5 Å². The van der Waals surface area contributed by atoms with Crippen LogP contribution in [0.25, 0.3) is 22.3 Å². The Morgan fingerprint density at radius 1 is 1.00 bits per heavy atom. The predicted molar refractivity (Wildman–Crippen MR) is 137 cm³/mol. The number of rotatable bonds is 6. The summed E-state index contributed by atoms with van der Waals surface area (Å²) in [5, 5.41) is 7.93. The van der Waals surface area contributed by atoms with Crippen molar-refractivity contribution < 1.29 is 4.39 Å². The summed E-state index contributed by atoms with van der Waals surface area (Å²) in [7, 11) is 0. The SMILES string of the molecule is Fc1cccc(Nc2cc(-c3nc(N4CCNC(C5CC5)C4)c4c(C5CC5)cncc4n3)ccn2)n1. The average Bonchev–Trinajstić information content (AvgIpc) is 3.82. The highest BCUT2D eigenvalue weighted by Gasteiger charge is 2.36. The first-order chi connectivity index (χ1) is 17.7. The Balaban J connectivity index is 1.30. The summed E-state index contributed by atoms with van der Waals surface area (Å²) in [5.41, 5.74) is 2.97. The molecule has 4 aromatic heterocycles. The van der Waals surface area contributed by atoms with Crippen LogP contribution in [0.1, 0.15) is 37.2 Å². The van der Waals surface area contributed by atoms with Gasteiger partial charge in [0, 0.05) is 49.0 Å². The molecule has 1 saturated heterocycles. The van der Waals surface area contributed by atoms with Gasteiger partial charge in [0.2, 0.25) is 5.95 Å². The molecule has 7 rings (SSSR count). The fraction of sp³-hybridized carbons (Fsp3) is 0.370. The first kappa shape index (κ1) is 21.6. The summed E-state index contributed by atoms with van der Waals surface area (Å²) in [5.74, 6) is 3.36. The number of halogens is 1. The molecule has 8 nitrogen and oxygen atoms in total. The second-order valence-electron chi connectivity index (χ2n) is 10.0. The highest BCUT2D eigenvalue weighted by atomic mass is 19.1. The van der Waals surface area contributed by atoms with Gasteiger partial charge in [0.1, 0.15) is 17.5 Å². The number of aromatic nitrogens is 5. The highest BCUT2D eigenvalue weighted by molar-refractivity contribution is 5.94. The molecule has 4 aromatic rings. The van der Waals surface area contributed by atoms with Gasteiger partial charge in [-0.05, 0) is 67.3 Å². The molecule has 2 saturated carbocycles. The minimum atomic E-state index is -0.543. The second kappa shape index (κ2) is 8.74. The van der Waals surface area contributed by atoms with Crippen LogP contribution >= 0.6 is 0 Å². The van der Waals surface area contributed by atoms with Gasteiger partial charge in [-0.3, -0.25) is 4.98 Å². The molecule has 0 spiro atoms. The lowest BCUT2D eigenvalue weighted by molar-refractivity contribution is 0.418. The van der Waals surface area contributed by atoms with Crippen molar-refractivity contribution in [3.05, 3.63) is 60.4 Å². The number of nitrogens with zero attached hydrogens (tertiary/aromatic N) is 6. The lowest BCUT2D eigenvalue weighted by atomic mass is 10.1. The number of piperazine rings is 1. The van der Waals surface area contributed by atoms with Crippen molar-refractivity contribution in [2.45, 2.75) is 37.6 Å². The van der Waals surface area contributed by atoms with Crippen LogP contribution in [0, 0.1) is 11.9 Å². The Labute approximate surface area is 208 Å². The predicted octanol–water partition coefficient (Wildman–Crippen LogP) is 4.43. The molecule has 2 N–H and O–H groups in total. The number of hydrogen-bond donors (Lipinski definition) is 2. The van der Waals surface area contributed by atoms with Crippen LogP contribution < -0.4 is 15.5 Å². The standard InChI is InChI=1S/C27H27FN8/c28-22-2-1-3-23(33-22)34-24-12-18(8-9-31-24)26-32-20-14-29-13-19(16-4-5-16)25(20)27(35-26)36-11-10-30-21(15-36)17-6-7-17/h1-3,8-9,12-14,16-17,21,30H,4-7,10-11,15H2,(H,31,33,34). The Morgan fingerprint density at radius 2 is 1.92 bits per heavy atom. The van der Waals surface area contributed by atoms with Crippen molar-refractivity contribution in [3.63, 3.8) is 0 Å². The van der Waals surface area contributed by atoms with E-state index in [-0.39, 0.29) is 0 Å². The van der Waals surface area contributed by atoms with Crippen molar-refractivity contribution in [1.82, 2.24) is 30.2 Å². The van der Waals surface area contributed by atoms with Crippen LogP contribution in [0.15, 0.2) is 48.9 Å². The number of hydrogen-bond acceptors (Lipinski definition) is 8. The van der Waals surface area contributed by atoms with Gasteiger partial charge >= 0.3 is 0 Å². The molecule has 1 unspecified atom stereocenters. The summed E-state index contributed by atoms with van der Waals surface area (Å²) in [4.78, 5) is 25.4. The molecule has 5 heterocycles. The third-order valence-corrected chi connectivity index (χ3v) is 7.32. The van der Waals surface area contributed by atoms with Crippen LogP contribution in [0.4, 0.5) is 21.8 Å². The van der Waals surface area contributed by atoms with Gasteiger partial charge in [-0.2, -0.15) is 4.39 Å². The lowest BCUT2D eigenvalue weighted by Crippen LogP contribution is -2.52. The largest absolute Gasteiger partial charge is 0.353 e. The second-order valence-corrected chi connectivity index (χ2v) is 10.0. The van der Waals surface area contributed by atoms with Crippen molar-refractivity contribution in [2.75, 3.05) is 29.9 Å². The van der Waals surface area contributed by atoms with Crippen LogP contribution in [0.5, 0.6) is 0 Å². The van der Waals surface area contributed by atoms with E-state index >= 15 is 0 Å². The molecule has 2 aliphatic carbocycles. The third kappa shape index (κ3) is 4.24. The van der Waals surface area contributed by atoms with Gasteiger partial charge in [0.05, 0.1) is 11.7 Å². The van der Waals surface area contributed by atoms with E-state index in [4.69, 9.17) is 9.97 Å². The molecule has 9 heteroatoms. The van der Waals surface area contributed by atoms with Gasteiger partial charge in [-0.15, -0.1) is 0 Å². The first-order valence-electron chi connectivity index (χ1n) is 12.7. The van der Waals surface area contributed by atoms with E-state index in [0.717, 1.165) is 47.8 Å². The summed E-state index contributed by atoms with van der Waals surface area (Å²) in [6, 6.07) is 8.91. The van der Waals surface area contributed by atoms with Gasteiger partial charge in [0.15, 0.2) is 5.82 Å². The van der Waals surface area contributed by atoms with Crippen molar-refractivity contribution in [1.29, 1.82) is 0 Å². The van der Waals surface area contributed by atoms with Crippen molar-refractivity contribution in [2.24, 2.45) is 5.92 Å². The molecule has 1 atom stereocenters. The molecule has 3 aliphatic rings. The average molecular weight is 483 g/mol. The minimum Gasteiger partial charge on any atom is -0.353 e. The lowest BCUT2D eigenvalue weighted by Gasteiger charge is -2.35. The van der Waals surface area contributed by atoms with Gasteiger partial charge in [0.25, 0.3) is 0 Å². The Bertz CT molecular complexity index is 1430. The summed E-state index contributed by atoms with van der Waals surface area (Å²) in [6.45, 7) is 2.82. The summed E-state index contributed by atoms with van der Waals surface area (Å²) < 4.78 is 13.6. The van der Waals surface area contributed by atoms with Crippen LogP contribution in [0.3, 0.4) is 0 Å². The highest BCUT2D eigenvalue weighted by Crippen LogP contribution is 2.45. The van der Waals surface area contributed by atoms with Gasteiger partial charge in [-0.25, -0.2) is 19.9 Å². The van der Waals surface area contributed by atoms with Crippen LogP contribution in [-0.4, -0.2) is 50.6 Å². The topological polar surface area (TPSA) is 91.8 Å². The van der Waals surface area contributed by atoms with Crippen LogP contribution in [-0.2, 0) is 0 Å². The maximum absolute atomic E-state index is 13.6. The molecule has 0 radical (unpaired) electrons. The van der Waals surface area contributed by atoms with E-state index in [2.05, 4.69) is 30.5 Å². The number of nitrogens with one attached hydrogen (secondary N) is 2. The Kier molecular flexibility index (Phi) is 5.23. The van der Waals surface area contributed by atoms with Crippen molar-refractivity contribution in [3.8, 4) is 11.4 Å². The normalized spacial score (nSPS) is 20.0. The smallest absolute Gasteiger partial charge is 0.214 e. The van der Waals surface area contributed by atoms with E-state index in [1.165, 1.54) is 37.3 Å². The number of fused-ring (bicyclic) bond motifs is 1. The molecular formula is C27H27FN8. The van der Waals surface area contributed by atoms with E-state index < -0.39 is 5.95 Å². The molecule has 182 valence electrons. The van der Waals surface area contributed by atoms with E-state index in [0.29, 0.717) is 29.4 Å². The van der Waals surface area contributed by atoms with E-state index in [1.54, 1.807) is 18.3 Å². The Morgan fingerprint density at radius 3 is 2.75 bits per heavy atom. The first-order valence-corrected chi connectivity index (χ1v) is 12.7. The summed E-state index contributed by atoms with van der Waals surface area (Å²) >= 11 is 0. The van der Waals surface area contributed by atoms with Crippen molar-refractivity contribution >= 4 is 28.4 Å². The Hall–Kier alpha value is -3.72. The quantitative estimate of drug-likeness (QED) is 0.390.